The van der Waals surface area contributed by atoms with Crippen LogP contribution >= 0.6 is 0 Å². The molecule has 0 atom stereocenters. The van der Waals surface area contributed by atoms with Crippen LogP contribution in [0.15, 0.2) is 18.2 Å². The predicted octanol–water partition coefficient (Wildman–Crippen LogP) is 5.08. The van der Waals surface area contributed by atoms with Crippen LogP contribution in [0.25, 0.3) is 0 Å². The summed E-state index contributed by atoms with van der Waals surface area (Å²) in [5.74, 6) is -1.92. The molecular formula is C17H26FNO2. The summed E-state index contributed by atoms with van der Waals surface area (Å²) in [7, 11) is 0. The molecule has 0 aliphatic heterocycles. The predicted molar refractivity (Wildman–Crippen MR) is 84.5 cm³/mol. The molecule has 0 radical (unpaired) electrons. The van der Waals surface area contributed by atoms with Gasteiger partial charge in [-0.1, -0.05) is 57.9 Å². The molecule has 118 valence electrons. The number of nitrogens with one attached hydrogen (secondary N) is 1. The smallest absolute Gasteiger partial charge is 0.340 e. The molecular weight excluding hydrogens is 269 g/mol. The normalized spacial score (nSPS) is 10.6. The number of carboxylic acid groups (broad SMARTS) is 1. The molecule has 3 nitrogen and oxygen atoms in total. The van der Waals surface area contributed by atoms with Gasteiger partial charge in [0, 0.05) is 6.54 Å². The van der Waals surface area contributed by atoms with E-state index in [2.05, 4.69) is 12.2 Å². The second kappa shape index (κ2) is 10.2. The fraction of sp³-hybridized carbons (Fsp3) is 0.588. The molecule has 0 amide bonds. The Labute approximate surface area is 126 Å². The van der Waals surface area contributed by atoms with E-state index in [4.69, 9.17) is 5.11 Å². The van der Waals surface area contributed by atoms with Gasteiger partial charge >= 0.3 is 5.97 Å². The quantitative estimate of drug-likeness (QED) is 0.560. The zero-order valence-corrected chi connectivity index (χ0v) is 12.8. The fourth-order valence-corrected chi connectivity index (χ4v) is 2.37. The van der Waals surface area contributed by atoms with Crippen LogP contribution in [0.5, 0.6) is 0 Å². The lowest BCUT2D eigenvalue weighted by Gasteiger charge is -2.10. The van der Waals surface area contributed by atoms with Gasteiger partial charge in [-0.05, 0) is 18.6 Å². The maximum Gasteiger partial charge on any atom is 0.340 e. The van der Waals surface area contributed by atoms with Gasteiger partial charge in [0.2, 0.25) is 0 Å². The van der Waals surface area contributed by atoms with Crippen LogP contribution in [-0.4, -0.2) is 17.6 Å². The van der Waals surface area contributed by atoms with Gasteiger partial charge in [0.25, 0.3) is 0 Å². The fourth-order valence-electron chi connectivity index (χ4n) is 2.37. The highest BCUT2D eigenvalue weighted by atomic mass is 19.1. The lowest BCUT2D eigenvalue weighted by molar-refractivity contribution is 0.0693. The van der Waals surface area contributed by atoms with Crippen molar-refractivity contribution in [2.75, 3.05) is 11.9 Å². The van der Waals surface area contributed by atoms with E-state index < -0.39 is 11.8 Å². The highest BCUT2D eigenvalue weighted by molar-refractivity contribution is 5.94. The van der Waals surface area contributed by atoms with Crippen molar-refractivity contribution in [3.63, 3.8) is 0 Å². The van der Waals surface area contributed by atoms with Crippen molar-refractivity contribution in [1.29, 1.82) is 0 Å². The van der Waals surface area contributed by atoms with Crippen molar-refractivity contribution in [2.24, 2.45) is 0 Å². The Morgan fingerprint density at radius 1 is 1.10 bits per heavy atom. The Morgan fingerprint density at radius 2 is 1.71 bits per heavy atom. The second-order valence-corrected chi connectivity index (χ2v) is 5.37. The third-order valence-corrected chi connectivity index (χ3v) is 3.57. The Kier molecular flexibility index (Phi) is 8.48. The molecule has 0 aromatic heterocycles. The molecule has 0 saturated heterocycles. The minimum atomic E-state index is -1.23. The van der Waals surface area contributed by atoms with Gasteiger partial charge in [-0.2, -0.15) is 0 Å². The summed E-state index contributed by atoms with van der Waals surface area (Å²) in [6.07, 6.45) is 9.78. The van der Waals surface area contributed by atoms with Gasteiger partial charge in [0.05, 0.1) is 5.69 Å². The van der Waals surface area contributed by atoms with Gasteiger partial charge in [0.1, 0.15) is 11.4 Å². The maximum atomic E-state index is 13.5. The van der Waals surface area contributed by atoms with Crippen molar-refractivity contribution in [1.82, 2.24) is 0 Å². The van der Waals surface area contributed by atoms with Gasteiger partial charge in [0.15, 0.2) is 0 Å². The molecule has 0 bridgehead atoms. The molecule has 4 heteroatoms. The number of rotatable bonds is 11. The van der Waals surface area contributed by atoms with Crippen LogP contribution in [0.3, 0.4) is 0 Å². The lowest BCUT2D eigenvalue weighted by Crippen LogP contribution is -2.09. The summed E-state index contributed by atoms with van der Waals surface area (Å²) >= 11 is 0. The third kappa shape index (κ3) is 6.61. The number of hydrogen-bond donors (Lipinski definition) is 2. The molecule has 21 heavy (non-hydrogen) atoms. The molecule has 0 aliphatic rings. The first kappa shape index (κ1) is 17.5. The maximum absolute atomic E-state index is 13.5. The molecule has 0 fully saturated rings. The van der Waals surface area contributed by atoms with Gasteiger partial charge in [-0.25, -0.2) is 9.18 Å². The molecule has 0 spiro atoms. The number of unbranched alkanes of at least 4 members (excludes halogenated alkanes) is 7. The number of hydrogen-bond acceptors (Lipinski definition) is 2. The average molecular weight is 295 g/mol. The van der Waals surface area contributed by atoms with E-state index in [9.17, 15) is 9.18 Å². The van der Waals surface area contributed by atoms with E-state index in [0.29, 0.717) is 12.2 Å². The summed E-state index contributed by atoms with van der Waals surface area (Å²) < 4.78 is 13.5. The van der Waals surface area contributed by atoms with Gasteiger partial charge in [-0.3, -0.25) is 0 Å². The van der Waals surface area contributed by atoms with Crippen LogP contribution in [0.4, 0.5) is 10.1 Å². The minimum Gasteiger partial charge on any atom is -0.478 e. The zero-order chi connectivity index (χ0) is 15.5. The van der Waals surface area contributed by atoms with Crippen LogP contribution in [-0.2, 0) is 0 Å². The van der Waals surface area contributed by atoms with E-state index in [-0.39, 0.29) is 5.56 Å². The van der Waals surface area contributed by atoms with E-state index >= 15 is 0 Å². The SMILES string of the molecule is CCCCCCCCCCNc1cccc(F)c1C(=O)O. The summed E-state index contributed by atoms with van der Waals surface area (Å²) in [6.45, 7) is 2.89. The van der Waals surface area contributed by atoms with Crippen molar-refractivity contribution < 1.29 is 14.3 Å². The van der Waals surface area contributed by atoms with Crippen molar-refractivity contribution in [3.05, 3.63) is 29.6 Å². The third-order valence-electron chi connectivity index (χ3n) is 3.57. The van der Waals surface area contributed by atoms with Gasteiger partial charge < -0.3 is 10.4 Å². The molecule has 0 unspecified atom stereocenters. The standard InChI is InChI=1S/C17H26FNO2/c1-2-3-4-5-6-7-8-9-13-19-15-12-10-11-14(18)16(15)17(20)21/h10-12,19H,2-9,13H2,1H3,(H,20,21). The topological polar surface area (TPSA) is 49.3 Å². The van der Waals surface area contributed by atoms with Crippen molar-refractivity contribution >= 4 is 11.7 Å². The Morgan fingerprint density at radius 3 is 2.33 bits per heavy atom. The van der Waals surface area contributed by atoms with Gasteiger partial charge in [-0.15, -0.1) is 0 Å². The Hall–Kier alpha value is -1.58. The van der Waals surface area contributed by atoms with E-state index in [1.807, 2.05) is 0 Å². The molecule has 1 aromatic carbocycles. The Bertz CT molecular complexity index is 435. The second-order valence-electron chi connectivity index (χ2n) is 5.37. The highest BCUT2D eigenvalue weighted by Crippen LogP contribution is 2.19. The number of halogens is 1. The number of carboxylic acids is 1. The molecule has 2 N–H and O–H groups in total. The van der Waals surface area contributed by atoms with Crippen LogP contribution in [0.2, 0.25) is 0 Å². The molecule has 0 saturated carbocycles. The summed E-state index contributed by atoms with van der Waals surface area (Å²) in [5.41, 5.74) is 0.0995. The first-order chi connectivity index (χ1) is 10.2. The average Bonchev–Trinajstić information content (AvgIpc) is 2.45. The molecule has 1 rings (SSSR count). The van der Waals surface area contributed by atoms with Crippen molar-refractivity contribution in [2.45, 2.75) is 58.3 Å². The first-order valence-electron chi connectivity index (χ1n) is 7.92. The number of carbonyl (C=O) groups is 1. The Balaban J connectivity index is 2.21. The largest absolute Gasteiger partial charge is 0.478 e. The molecule has 0 heterocycles. The highest BCUT2D eigenvalue weighted by Gasteiger charge is 2.14. The number of benzene rings is 1. The van der Waals surface area contributed by atoms with E-state index in [0.717, 1.165) is 12.8 Å². The monoisotopic (exact) mass is 295 g/mol. The van der Waals surface area contributed by atoms with Crippen LogP contribution in [0.1, 0.15) is 68.6 Å². The van der Waals surface area contributed by atoms with Crippen molar-refractivity contribution in [3.8, 4) is 0 Å². The first-order valence-corrected chi connectivity index (χ1v) is 7.92. The summed E-state index contributed by atoms with van der Waals surface area (Å²) in [4.78, 5) is 11.0. The van der Waals surface area contributed by atoms with E-state index in [1.165, 1.54) is 50.7 Å². The van der Waals surface area contributed by atoms with Crippen LogP contribution in [0, 0.1) is 5.82 Å². The van der Waals surface area contributed by atoms with Crippen LogP contribution < -0.4 is 5.32 Å². The number of aromatic carboxylic acids is 1. The molecule has 0 aliphatic carbocycles. The lowest BCUT2D eigenvalue weighted by atomic mass is 10.1. The van der Waals surface area contributed by atoms with E-state index in [1.54, 1.807) is 6.07 Å². The zero-order valence-electron chi connectivity index (χ0n) is 12.8. The molecule has 1 aromatic rings. The summed E-state index contributed by atoms with van der Waals surface area (Å²) in [5, 5.41) is 12.0. The summed E-state index contributed by atoms with van der Waals surface area (Å²) in [6, 6.07) is 4.31. The minimum absolute atomic E-state index is 0.267. The number of anilines is 1.